The molecule has 0 bridgehead atoms. The van der Waals surface area contributed by atoms with Gasteiger partial charge in [-0.3, -0.25) is 9.69 Å². The van der Waals surface area contributed by atoms with E-state index < -0.39 is 6.03 Å². The summed E-state index contributed by atoms with van der Waals surface area (Å²) in [5.74, 6) is -0.716. The zero-order valence-electron chi connectivity index (χ0n) is 23.4. The predicted molar refractivity (Wildman–Crippen MR) is 164 cm³/mol. The zero-order valence-corrected chi connectivity index (χ0v) is 24.9. The summed E-state index contributed by atoms with van der Waals surface area (Å²) in [6.45, 7) is 5.64. The highest BCUT2D eigenvalue weighted by atomic mass is 35.5. The Labute approximate surface area is 255 Å². The topological polar surface area (TPSA) is 90.7 Å². The molecule has 1 fully saturated rings. The van der Waals surface area contributed by atoms with Gasteiger partial charge in [0.25, 0.3) is 0 Å². The molecule has 224 valence electrons. The number of carbonyl (C=O) groups is 2. The number of nitrogens with one attached hydrogen (secondary N) is 2. The van der Waals surface area contributed by atoms with Crippen LogP contribution in [-0.2, 0) is 4.79 Å². The van der Waals surface area contributed by atoms with E-state index in [0.29, 0.717) is 5.69 Å². The number of hydrogen-bond acceptors (Lipinski definition) is 4. The standard InChI is InChI=1S/C31H35Cl2F2N5O2/c1-20-18-39(13-3-2-4-26(21-5-9-23(34)10-6-21)22-7-11-24(35)12-8-22)14-15-40(20)19-29(41)38-30-27(32)16-25(17-28(30)33)37-31(36)42/h5-12,16-17,20,26H,2-4,13-15,18-19H2,1H3,(H,38,41)(H3,36,37,42). The lowest BCUT2D eigenvalue weighted by atomic mass is 9.87. The fourth-order valence-corrected chi connectivity index (χ4v) is 5.96. The Hall–Kier alpha value is -3.24. The number of carbonyl (C=O) groups excluding carboxylic acids is 2. The highest BCUT2D eigenvalue weighted by Gasteiger charge is 2.26. The molecule has 1 aliphatic rings. The molecule has 7 nitrogen and oxygen atoms in total. The molecule has 1 unspecified atom stereocenters. The molecule has 0 spiro atoms. The van der Waals surface area contributed by atoms with Gasteiger partial charge in [-0.15, -0.1) is 0 Å². The normalized spacial score (nSPS) is 16.0. The van der Waals surface area contributed by atoms with Crippen LogP contribution in [0, 0.1) is 11.6 Å². The molecule has 3 aromatic rings. The van der Waals surface area contributed by atoms with Crippen LogP contribution in [-0.4, -0.2) is 60.5 Å². The van der Waals surface area contributed by atoms with Crippen molar-refractivity contribution in [3.8, 4) is 0 Å². The highest BCUT2D eigenvalue weighted by molar-refractivity contribution is 6.40. The molecule has 4 rings (SSSR count). The molecule has 1 saturated heterocycles. The minimum Gasteiger partial charge on any atom is -0.351 e. The lowest BCUT2D eigenvalue weighted by Crippen LogP contribution is -2.53. The Bertz CT molecular complexity index is 1310. The summed E-state index contributed by atoms with van der Waals surface area (Å²) in [4.78, 5) is 28.4. The van der Waals surface area contributed by atoms with Crippen LogP contribution in [0.15, 0.2) is 60.7 Å². The number of rotatable bonds is 11. The second-order valence-corrected chi connectivity index (χ2v) is 11.4. The van der Waals surface area contributed by atoms with Crippen molar-refractivity contribution in [2.45, 2.75) is 38.1 Å². The monoisotopic (exact) mass is 617 g/mol. The molecule has 0 aromatic heterocycles. The summed E-state index contributed by atoms with van der Waals surface area (Å²) in [5, 5.41) is 5.57. The molecule has 1 heterocycles. The van der Waals surface area contributed by atoms with Crippen molar-refractivity contribution in [1.82, 2.24) is 9.80 Å². The van der Waals surface area contributed by atoms with Gasteiger partial charge in [-0.1, -0.05) is 53.9 Å². The number of benzene rings is 3. The molecule has 3 amide bonds. The first kappa shape index (κ1) is 31.7. The zero-order chi connectivity index (χ0) is 30.2. The number of hydrogen-bond donors (Lipinski definition) is 3. The number of primary amides is 1. The molecule has 1 atom stereocenters. The quantitative estimate of drug-likeness (QED) is 0.209. The van der Waals surface area contributed by atoms with Crippen molar-refractivity contribution in [2.24, 2.45) is 5.73 Å². The Morgan fingerprint density at radius 1 is 0.929 bits per heavy atom. The predicted octanol–water partition coefficient (Wildman–Crippen LogP) is 6.71. The van der Waals surface area contributed by atoms with E-state index in [1.165, 1.54) is 36.4 Å². The van der Waals surface area contributed by atoms with Crippen LogP contribution in [0.4, 0.5) is 25.0 Å². The van der Waals surface area contributed by atoms with Crippen molar-refractivity contribution in [3.05, 3.63) is 93.5 Å². The van der Waals surface area contributed by atoms with Crippen molar-refractivity contribution in [1.29, 1.82) is 0 Å². The fourth-order valence-electron chi connectivity index (χ4n) is 5.38. The maximum atomic E-state index is 13.5. The van der Waals surface area contributed by atoms with E-state index in [2.05, 4.69) is 27.4 Å². The third-order valence-corrected chi connectivity index (χ3v) is 8.13. The van der Waals surface area contributed by atoms with Crippen molar-refractivity contribution < 1.29 is 18.4 Å². The molecule has 0 saturated carbocycles. The van der Waals surface area contributed by atoms with Gasteiger partial charge >= 0.3 is 6.03 Å². The van der Waals surface area contributed by atoms with Crippen molar-refractivity contribution >= 4 is 46.5 Å². The van der Waals surface area contributed by atoms with Gasteiger partial charge in [0.05, 0.1) is 22.3 Å². The number of amides is 3. The van der Waals surface area contributed by atoms with E-state index >= 15 is 0 Å². The van der Waals surface area contributed by atoms with E-state index in [0.717, 1.165) is 56.6 Å². The van der Waals surface area contributed by atoms with E-state index in [1.54, 1.807) is 24.3 Å². The summed E-state index contributed by atoms with van der Waals surface area (Å²) in [6, 6.07) is 15.5. The summed E-state index contributed by atoms with van der Waals surface area (Å²) in [6.07, 6.45) is 2.83. The summed E-state index contributed by atoms with van der Waals surface area (Å²) in [5.41, 5.74) is 7.78. The molecule has 0 radical (unpaired) electrons. The fraction of sp³-hybridized carbons (Fsp3) is 0.355. The largest absolute Gasteiger partial charge is 0.351 e. The lowest BCUT2D eigenvalue weighted by Gasteiger charge is -2.39. The SMILES string of the molecule is CC1CN(CCCCC(c2ccc(F)cc2)c2ccc(F)cc2)CCN1CC(=O)Nc1c(Cl)cc(NC(N)=O)cc1Cl. The molecular formula is C31H35Cl2F2N5O2. The minimum atomic E-state index is -0.744. The van der Waals surface area contributed by atoms with Crippen LogP contribution in [0.5, 0.6) is 0 Å². The van der Waals surface area contributed by atoms with Crippen molar-refractivity contribution in [3.63, 3.8) is 0 Å². The second kappa shape index (κ2) is 14.8. The third kappa shape index (κ3) is 8.88. The summed E-state index contributed by atoms with van der Waals surface area (Å²) in [7, 11) is 0. The van der Waals surface area contributed by atoms with Gasteiger partial charge in [0, 0.05) is 37.3 Å². The Morgan fingerprint density at radius 2 is 1.50 bits per heavy atom. The number of nitrogens with zero attached hydrogens (tertiary/aromatic N) is 2. The summed E-state index contributed by atoms with van der Waals surface area (Å²) < 4.78 is 27.0. The average Bonchev–Trinajstić information content (AvgIpc) is 2.93. The molecule has 11 heteroatoms. The first-order chi connectivity index (χ1) is 20.1. The van der Waals surface area contributed by atoms with E-state index in [-0.39, 0.29) is 51.8 Å². The lowest BCUT2D eigenvalue weighted by molar-refractivity contribution is -0.118. The van der Waals surface area contributed by atoms with Gasteiger partial charge in [-0.25, -0.2) is 13.6 Å². The van der Waals surface area contributed by atoms with Crippen LogP contribution >= 0.6 is 23.2 Å². The second-order valence-electron chi connectivity index (χ2n) is 10.6. The summed E-state index contributed by atoms with van der Waals surface area (Å²) >= 11 is 12.5. The van der Waals surface area contributed by atoms with Gasteiger partial charge < -0.3 is 21.3 Å². The first-order valence-electron chi connectivity index (χ1n) is 13.9. The number of anilines is 2. The Balaban J connectivity index is 1.24. The number of urea groups is 1. The molecule has 4 N–H and O–H groups in total. The number of halogens is 4. The smallest absolute Gasteiger partial charge is 0.316 e. The maximum Gasteiger partial charge on any atom is 0.316 e. The van der Waals surface area contributed by atoms with Crippen LogP contribution in [0.1, 0.15) is 43.2 Å². The van der Waals surface area contributed by atoms with E-state index in [1.807, 2.05) is 0 Å². The van der Waals surface area contributed by atoms with E-state index in [4.69, 9.17) is 28.9 Å². The van der Waals surface area contributed by atoms with Gasteiger partial charge in [-0.2, -0.15) is 0 Å². The first-order valence-corrected chi connectivity index (χ1v) is 14.7. The number of unbranched alkanes of at least 4 members (excludes halogenated alkanes) is 1. The molecule has 0 aliphatic carbocycles. The maximum absolute atomic E-state index is 13.5. The highest BCUT2D eigenvalue weighted by Crippen LogP contribution is 2.34. The van der Waals surface area contributed by atoms with Crippen molar-refractivity contribution in [2.75, 3.05) is 43.4 Å². The van der Waals surface area contributed by atoms with Crippen LogP contribution in [0.2, 0.25) is 10.0 Å². The minimum absolute atomic E-state index is 0.0677. The van der Waals surface area contributed by atoms with Crippen LogP contribution in [0.3, 0.4) is 0 Å². The van der Waals surface area contributed by atoms with Gasteiger partial charge in [0.15, 0.2) is 0 Å². The van der Waals surface area contributed by atoms with E-state index in [9.17, 15) is 18.4 Å². The van der Waals surface area contributed by atoms with Gasteiger partial charge in [0.2, 0.25) is 5.91 Å². The van der Waals surface area contributed by atoms with Gasteiger partial charge in [-0.05, 0) is 73.8 Å². The molecule has 1 aliphatic heterocycles. The Kier molecular flexibility index (Phi) is 11.2. The molecule has 42 heavy (non-hydrogen) atoms. The number of piperazine rings is 1. The number of nitrogens with two attached hydrogens (primary N) is 1. The third-order valence-electron chi connectivity index (χ3n) is 7.53. The van der Waals surface area contributed by atoms with Gasteiger partial charge in [0.1, 0.15) is 11.6 Å². The molecular weight excluding hydrogens is 583 g/mol. The molecule has 3 aromatic carbocycles. The van der Waals surface area contributed by atoms with Crippen LogP contribution < -0.4 is 16.4 Å². The average molecular weight is 619 g/mol. The Morgan fingerprint density at radius 3 is 2.02 bits per heavy atom. The van der Waals surface area contributed by atoms with Crippen LogP contribution in [0.25, 0.3) is 0 Å².